The van der Waals surface area contributed by atoms with Crippen LogP contribution in [0, 0.1) is 0 Å². The number of rotatable bonds is 2. The third-order valence-corrected chi connectivity index (χ3v) is 4.16. The van der Waals surface area contributed by atoms with E-state index in [0.29, 0.717) is 18.3 Å². The van der Waals surface area contributed by atoms with Crippen LogP contribution < -0.4 is 0 Å². The van der Waals surface area contributed by atoms with Gasteiger partial charge < -0.3 is 9.64 Å². The van der Waals surface area contributed by atoms with Crippen LogP contribution in [0.15, 0.2) is 0 Å². The molecule has 2 aliphatic rings. The molecule has 4 nitrogen and oxygen atoms in total. The van der Waals surface area contributed by atoms with Gasteiger partial charge in [-0.05, 0) is 19.3 Å². The highest BCUT2D eigenvalue weighted by molar-refractivity contribution is 9.09. The maximum absolute atomic E-state index is 12.2. The van der Waals surface area contributed by atoms with Crippen molar-refractivity contribution >= 4 is 27.8 Å². The number of ether oxygens (including phenoxy) is 1. The van der Waals surface area contributed by atoms with Crippen LogP contribution in [0.5, 0.6) is 0 Å². The van der Waals surface area contributed by atoms with E-state index < -0.39 is 5.60 Å². The lowest BCUT2D eigenvalue weighted by Gasteiger charge is -2.40. The molecule has 0 aromatic carbocycles. The molecule has 2 heterocycles. The van der Waals surface area contributed by atoms with Crippen molar-refractivity contribution in [2.24, 2.45) is 0 Å². The summed E-state index contributed by atoms with van der Waals surface area (Å²) in [6.45, 7) is 2.55. The van der Waals surface area contributed by atoms with E-state index in [-0.39, 0.29) is 17.9 Å². The Labute approximate surface area is 97.1 Å². The van der Waals surface area contributed by atoms with Crippen LogP contribution in [0.25, 0.3) is 0 Å². The van der Waals surface area contributed by atoms with Crippen LogP contribution in [0.4, 0.5) is 0 Å². The Balaban J connectivity index is 2.31. The van der Waals surface area contributed by atoms with Crippen LogP contribution in [-0.2, 0) is 14.3 Å². The first-order chi connectivity index (χ1) is 7.14. The molecular formula is C10H14BrNO3. The lowest BCUT2D eigenvalue weighted by atomic mass is 9.98. The van der Waals surface area contributed by atoms with Crippen LogP contribution in [0.2, 0.25) is 0 Å². The van der Waals surface area contributed by atoms with E-state index >= 15 is 0 Å². The number of esters is 1. The molecule has 1 amide bonds. The highest BCUT2D eigenvalue weighted by atomic mass is 79.9. The molecule has 0 bridgehead atoms. The third kappa shape index (κ3) is 1.48. The lowest BCUT2D eigenvalue weighted by molar-refractivity contribution is -0.188. The Hall–Kier alpha value is -0.580. The number of halogens is 1. The molecule has 0 aliphatic carbocycles. The first-order valence-corrected chi connectivity index (χ1v) is 6.36. The molecule has 0 aromatic rings. The van der Waals surface area contributed by atoms with Gasteiger partial charge in [-0.3, -0.25) is 4.79 Å². The Kier molecular flexibility index (Phi) is 2.75. The molecule has 0 spiro atoms. The van der Waals surface area contributed by atoms with E-state index in [0.717, 1.165) is 12.8 Å². The molecule has 84 valence electrons. The number of amides is 1. The second-order valence-electron chi connectivity index (χ2n) is 4.06. The van der Waals surface area contributed by atoms with Gasteiger partial charge in [0.15, 0.2) is 5.60 Å². The van der Waals surface area contributed by atoms with Gasteiger partial charge in [-0.15, -0.1) is 0 Å². The van der Waals surface area contributed by atoms with E-state index in [1.807, 2.05) is 6.92 Å². The zero-order valence-corrected chi connectivity index (χ0v) is 10.2. The molecule has 0 saturated carbocycles. The van der Waals surface area contributed by atoms with E-state index in [9.17, 15) is 9.59 Å². The summed E-state index contributed by atoms with van der Waals surface area (Å²) in [4.78, 5) is 25.6. The number of carbonyl (C=O) groups excluding carboxylic acids is 2. The molecule has 2 aliphatic heterocycles. The van der Waals surface area contributed by atoms with Gasteiger partial charge in [0.2, 0.25) is 0 Å². The summed E-state index contributed by atoms with van der Waals surface area (Å²) in [5.41, 5.74) is -0.960. The minimum Gasteiger partial charge on any atom is -0.446 e. The van der Waals surface area contributed by atoms with Gasteiger partial charge in [-0.2, -0.15) is 0 Å². The van der Waals surface area contributed by atoms with Crippen molar-refractivity contribution in [3.63, 3.8) is 0 Å². The molecule has 0 N–H and O–H groups in total. The van der Waals surface area contributed by atoms with Gasteiger partial charge in [0.25, 0.3) is 5.91 Å². The molecule has 5 heteroatoms. The van der Waals surface area contributed by atoms with E-state index in [4.69, 9.17) is 4.74 Å². The van der Waals surface area contributed by atoms with Gasteiger partial charge in [-0.1, -0.05) is 22.9 Å². The number of fused-ring (bicyclic) bond motifs is 1. The standard InChI is InChI=1S/C10H14BrNO3/c1-2-10(6-11)9(14)12-5-3-4-7(12)8(13)15-10/h7H,2-6H2,1H3. The fourth-order valence-corrected chi connectivity index (χ4v) is 2.97. The van der Waals surface area contributed by atoms with Crippen LogP contribution in [0.3, 0.4) is 0 Å². The summed E-state index contributed by atoms with van der Waals surface area (Å²) < 4.78 is 5.32. The quantitative estimate of drug-likeness (QED) is 0.560. The molecule has 2 saturated heterocycles. The molecular weight excluding hydrogens is 262 g/mol. The number of nitrogens with zero attached hydrogens (tertiary/aromatic N) is 1. The average Bonchev–Trinajstić information content (AvgIpc) is 2.73. The van der Waals surface area contributed by atoms with E-state index in [1.54, 1.807) is 4.90 Å². The monoisotopic (exact) mass is 275 g/mol. The van der Waals surface area contributed by atoms with Gasteiger partial charge >= 0.3 is 5.97 Å². The summed E-state index contributed by atoms with van der Waals surface area (Å²) >= 11 is 3.27. The van der Waals surface area contributed by atoms with Crippen molar-refractivity contribution in [1.82, 2.24) is 4.90 Å². The fourth-order valence-electron chi connectivity index (χ4n) is 2.22. The maximum atomic E-state index is 12.2. The predicted octanol–water partition coefficient (Wildman–Crippen LogP) is 1.08. The maximum Gasteiger partial charge on any atom is 0.329 e. The first-order valence-electron chi connectivity index (χ1n) is 5.24. The Morgan fingerprint density at radius 3 is 2.93 bits per heavy atom. The Bertz CT molecular complexity index is 301. The second kappa shape index (κ2) is 3.77. The number of hydrogen-bond donors (Lipinski definition) is 0. The molecule has 2 fully saturated rings. The van der Waals surface area contributed by atoms with Crippen molar-refractivity contribution in [2.45, 2.75) is 37.8 Å². The number of alkyl halides is 1. The fraction of sp³-hybridized carbons (Fsp3) is 0.800. The van der Waals surface area contributed by atoms with Crippen LogP contribution >= 0.6 is 15.9 Å². The second-order valence-corrected chi connectivity index (χ2v) is 4.62. The van der Waals surface area contributed by atoms with Gasteiger partial charge in [0.1, 0.15) is 6.04 Å². The number of hydrogen-bond acceptors (Lipinski definition) is 3. The predicted molar refractivity (Wildman–Crippen MR) is 57.6 cm³/mol. The van der Waals surface area contributed by atoms with Crippen molar-refractivity contribution < 1.29 is 14.3 Å². The third-order valence-electron chi connectivity index (χ3n) is 3.26. The molecule has 0 aromatic heterocycles. The SMILES string of the molecule is CCC1(CBr)OC(=O)C2CCCN2C1=O. The normalized spacial score (nSPS) is 35.3. The van der Waals surface area contributed by atoms with Crippen LogP contribution in [-0.4, -0.2) is 40.3 Å². The summed E-state index contributed by atoms with van der Waals surface area (Å²) in [7, 11) is 0. The largest absolute Gasteiger partial charge is 0.446 e. The van der Waals surface area contributed by atoms with E-state index in [1.165, 1.54) is 0 Å². The molecule has 0 radical (unpaired) electrons. The number of carbonyl (C=O) groups is 2. The van der Waals surface area contributed by atoms with Crippen molar-refractivity contribution in [3.8, 4) is 0 Å². The Morgan fingerprint density at radius 2 is 2.33 bits per heavy atom. The van der Waals surface area contributed by atoms with Crippen molar-refractivity contribution in [2.75, 3.05) is 11.9 Å². The van der Waals surface area contributed by atoms with Gasteiger partial charge in [0.05, 0.1) is 5.33 Å². The zero-order valence-electron chi connectivity index (χ0n) is 8.66. The first kappa shape index (κ1) is 10.9. The van der Waals surface area contributed by atoms with Crippen LogP contribution in [0.1, 0.15) is 26.2 Å². The molecule has 2 unspecified atom stereocenters. The van der Waals surface area contributed by atoms with Crippen molar-refractivity contribution in [1.29, 1.82) is 0 Å². The molecule has 2 atom stereocenters. The molecule has 2 rings (SSSR count). The van der Waals surface area contributed by atoms with Gasteiger partial charge in [-0.25, -0.2) is 4.79 Å². The summed E-state index contributed by atoms with van der Waals surface area (Å²) in [5.74, 6) is -0.280. The number of morpholine rings is 1. The smallest absolute Gasteiger partial charge is 0.329 e. The van der Waals surface area contributed by atoms with Gasteiger partial charge in [0, 0.05) is 6.54 Å². The number of cyclic esters (lactones) is 1. The van der Waals surface area contributed by atoms with E-state index in [2.05, 4.69) is 15.9 Å². The minimum atomic E-state index is -0.960. The summed E-state index contributed by atoms with van der Waals surface area (Å²) in [6.07, 6.45) is 2.16. The Morgan fingerprint density at radius 1 is 1.60 bits per heavy atom. The highest BCUT2D eigenvalue weighted by Gasteiger charge is 2.52. The minimum absolute atomic E-state index is 0.0380. The summed E-state index contributed by atoms with van der Waals surface area (Å²) in [6, 6.07) is -0.323. The average molecular weight is 276 g/mol. The highest BCUT2D eigenvalue weighted by Crippen LogP contribution is 2.33. The summed E-state index contributed by atoms with van der Waals surface area (Å²) in [5, 5.41) is 0.379. The molecule has 15 heavy (non-hydrogen) atoms. The topological polar surface area (TPSA) is 46.6 Å². The lowest BCUT2D eigenvalue weighted by Crippen LogP contribution is -2.61. The zero-order chi connectivity index (χ0) is 11.1. The van der Waals surface area contributed by atoms with Crippen molar-refractivity contribution in [3.05, 3.63) is 0 Å².